The summed E-state index contributed by atoms with van der Waals surface area (Å²) < 4.78 is 19.4. The summed E-state index contributed by atoms with van der Waals surface area (Å²) in [6, 6.07) is 0.121. The second kappa shape index (κ2) is 4.80. The number of nitrogens with one attached hydrogen (secondary N) is 1. The number of halogens is 1. The molecular formula is C17H23FN4O2. The van der Waals surface area contributed by atoms with Crippen molar-refractivity contribution < 1.29 is 13.9 Å². The highest BCUT2D eigenvalue weighted by Crippen LogP contribution is 2.73. The number of anilines is 1. The molecule has 1 aromatic rings. The lowest BCUT2D eigenvalue weighted by Crippen LogP contribution is -2.54. The number of ether oxygens (including phenoxy) is 1. The van der Waals surface area contributed by atoms with E-state index in [-0.39, 0.29) is 23.4 Å². The highest BCUT2D eigenvalue weighted by atomic mass is 19.1. The minimum Gasteiger partial charge on any atom is -0.444 e. The molecule has 7 heteroatoms. The van der Waals surface area contributed by atoms with Crippen molar-refractivity contribution in [3.63, 3.8) is 0 Å². The zero-order valence-corrected chi connectivity index (χ0v) is 14.5. The van der Waals surface area contributed by atoms with Crippen molar-refractivity contribution in [2.75, 3.05) is 18.0 Å². The van der Waals surface area contributed by atoms with Gasteiger partial charge in [0, 0.05) is 25.0 Å². The van der Waals surface area contributed by atoms with Gasteiger partial charge in [0.1, 0.15) is 11.4 Å². The molecule has 1 spiro atoms. The van der Waals surface area contributed by atoms with Crippen molar-refractivity contribution >= 4 is 11.9 Å². The molecule has 4 rings (SSSR count). The summed E-state index contributed by atoms with van der Waals surface area (Å²) in [5.41, 5.74) is -0.275. The molecule has 1 N–H and O–H groups in total. The number of carbonyl (C=O) groups excluding carboxylic acids is 1. The molecule has 6 nitrogen and oxygen atoms in total. The van der Waals surface area contributed by atoms with Crippen LogP contribution in [0.4, 0.5) is 15.0 Å². The predicted octanol–water partition coefficient (Wildman–Crippen LogP) is 2.27. The first kappa shape index (κ1) is 15.6. The Morgan fingerprint density at radius 2 is 2.21 bits per heavy atom. The van der Waals surface area contributed by atoms with Crippen LogP contribution in [-0.4, -0.2) is 40.8 Å². The van der Waals surface area contributed by atoms with E-state index in [9.17, 15) is 9.18 Å². The van der Waals surface area contributed by atoms with E-state index in [4.69, 9.17) is 4.74 Å². The van der Waals surface area contributed by atoms with E-state index in [1.54, 1.807) is 6.92 Å². The molecule has 0 bridgehead atoms. The van der Waals surface area contributed by atoms with Gasteiger partial charge in [-0.05, 0) is 45.4 Å². The van der Waals surface area contributed by atoms with Crippen LogP contribution in [0.3, 0.4) is 0 Å². The van der Waals surface area contributed by atoms with Crippen molar-refractivity contribution in [1.29, 1.82) is 0 Å². The quantitative estimate of drug-likeness (QED) is 0.899. The van der Waals surface area contributed by atoms with E-state index in [1.165, 1.54) is 6.20 Å². The number of alkyl carbamates (subject to hydrolysis) is 1. The van der Waals surface area contributed by atoms with Crippen molar-refractivity contribution in [3.8, 4) is 0 Å². The smallest absolute Gasteiger partial charge is 0.407 e. The Kier molecular flexibility index (Phi) is 3.12. The maximum absolute atomic E-state index is 14.1. The predicted molar refractivity (Wildman–Crippen MR) is 86.1 cm³/mol. The molecule has 1 saturated heterocycles. The van der Waals surface area contributed by atoms with E-state index >= 15 is 0 Å². The Morgan fingerprint density at radius 1 is 1.46 bits per heavy atom. The Hall–Kier alpha value is -1.92. The van der Waals surface area contributed by atoms with Crippen LogP contribution < -0.4 is 10.2 Å². The van der Waals surface area contributed by atoms with E-state index in [1.807, 2.05) is 25.7 Å². The minimum absolute atomic E-state index is 0.121. The Labute approximate surface area is 140 Å². The van der Waals surface area contributed by atoms with Crippen molar-refractivity contribution in [2.24, 2.45) is 17.3 Å². The van der Waals surface area contributed by atoms with Crippen LogP contribution in [0.25, 0.3) is 0 Å². The summed E-state index contributed by atoms with van der Waals surface area (Å²) in [6.45, 7) is 8.84. The number of nitrogens with zero attached hydrogens (tertiary/aromatic N) is 3. The third-order valence-corrected chi connectivity index (χ3v) is 5.52. The molecule has 3 fully saturated rings. The fraction of sp³-hybridized carbons (Fsp3) is 0.706. The largest absolute Gasteiger partial charge is 0.444 e. The van der Waals surface area contributed by atoms with Crippen LogP contribution in [0.5, 0.6) is 0 Å². The molecule has 2 heterocycles. The number of aryl methyl sites for hydroxylation is 1. The fourth-order valence-corrected chi connectivity index (χ4v) is 4.50. The van der Waals surface area contributed by atoms with Gasteiger partial charge < -0.3 is 15.0 Å². The Bertz CT molecular complexity index is 704. The topological polar surface area (TPSA) is 67.4 Å². The highest BCUT2D eigenvalue weighted by Gasteiger charge is 2.77. The van der Waals surface area contributed by atoms with Crippen LogP contribution in [0, 0.1) is 30.0 Å². The van der Waals surface area contributed by atoms with Crippen LogP contribution in [0.15, 0.2) is 6.20 Å². The minimum atomic E-state index is -0.502. The molecule has 1 aliphatic heterocycles. The van der Waals surface area contributed by atoms with Gasteiger partial charge in [-0.3, -0.25) is 0 Å². The van der Waals surface area contributed by atoms with Crippen molar-refractivity contribution in [1.82, 2.24) is 15.3 Å². The third kappa shape index (κ3) is 2.32. The average molecular weight is 334 g/mol. The standard InChI is InChI=1S/C17H23FN4O2/c1-9-19-6-12(18)14(20-9)22-7-11-13(10-5-17(10,11)8-22)21-15(23)24-16(2,3)4/h6,10-11,13H,5,7-8H2,1-4H3,(H,21,23)/t10?,11-,13+,17?/m0/s1. The summed E-state index contributed by atoms with van der Waals surface area (Å²) in [5, 5.41) is 3.01. The molecular weight excluding hydrogens is 311 g/mol. The summed E-state index contributed by atoms with van der Waals surface area (Å²) in [5.74, 6) is 1.38. The SMILES string of the molecule is Cc1ncc(F)c(N2C[C@H]3[C@H](NC(=O)OC(C)(C)C)C4CC43C2)n1. The van der Waals surface area contributed by atoms with Gasteiger partial charge in [-0.25, -0.2) is 19.2 Å². The van der Waals surface area contributed by atoms with Crippen molar-refractivity contribution in [2.45, 2.75) is 45.8 Å². The molecule has 1 amide bonds. The second-order valence-electron chi connectivity index (χ2n) is 8.29. The van der Waals surface area contributed by atoms with Crippen LogP contribution in [0.2, 0.25) is 0 Å². The van der Waals surface area contributed by atoms with E-state index in [0.717, 1.165) is 13.0 Å². The monoisotopic (exact) mass is 334 g/mol. The third-order valence-electron chi connectivity index (χ3n) is 5.52. The van der Waals surface area contributed by atoms with Gasteiger partial charge in [0.25, 0.3) is 0 Å². The van der Waals surface area contributed by atoms with E-state index in [0.29, 0.717) is 30.0 Å². The second-order valence-corrected chi connectivity index (χ2v) is 8.29. The number of aromatic nitrogens is 2. The van der Waals surface area contributed by atoms with E-state index in [2.05, 4.69) is 15.3 Å². The van der Waals surface area contributed by atoms with Crippen LogP contribution in [-0.2, 0) is 4.74 Å². The zero-order valence-electron chi connectivity index (χ0n) is 14.5. The molecule has 4 atom stereocenters. The van der Waals surface area contributed by atoms with E-state index < -0.39 is 5.60 Å². The van der Waals surface area contributed by atoms with Gasteiger partial charge in [0.05, 0.1) is 6.20 Å². The number of hydrogen-bond donors (Lipinski definition) is 1. The normalized spacial score (nSPS) is 33.4. The number of hydrogen-bond acceptors (Lipinski definition) is 5. The highest BCUT2D eigenvalue weighted by molar-refractivity contribution is 5.69. The van der Waals surface area contributed by atoms with Gasteiger partial charge in [-0.2, -0.15) is 0 Å². The van der Waals surface area contributed by atoms with Crippen LogP contribution in [0.1, 0.15) is 33.0 Å². The lowest BCUT2D eigenvalue weighted by Gasteiger charge is -2.39. The van der Waals surface area contributed by atoms with Gasteiger partial charge in [-0.15, -0.1) is 0 Å². The molecule has 24 heavy (non-hydrogen) atoms. The lowest BCUT2D eigenvalue weighted by atomic mass is 9.71. The molecule has 2 unspecified atom stereocenters. The van der Waals surface area contributed by atoms with Gasteiger partial charge in [0.2, 0.25) is 0 Å². The van der Waals surface area contributed by atoms with Gasteiger partial charge in [-0.1, -0.05) is 0 Å². The van der Waals surface area contributed by atoms with Crippen molar-refractivity contribution in [3.05, 3.63) is 17.8 Å². The lowest BCUT2D eigenvalue weighted by molar-refractivity contribution is 0.0391. The zero-order chi connectivity index (χ0) is 17.3. The number of amides is 1. The molecule has 1 aromatic heterocycles. The first-order valence-electron chi connectivity index (χ1n) is 8.43. The van der Waals surface area contributed by atoms with Gasteiger partial charge in [0.15, 0.2) is 11.6 Å². The first-order chi connectivity index (χ1) is 11.2. The molecule has 3 aliphatic rings. The average Bonchev–Trinajstić information content (AvgIpc) is 2.96. The maximum Gasteiger partial charge on any atom is 0.407 e. The molecule has 0 aromatic carbocycles. The summed E-state index contributed by atoms with van der Waals surface area (Å²) in [7, 11) is 0. The Morgan fingerprint density at radius 3 is 2.92 bits per heavy atom. The summed E-state index contributed by atoms with van der Waals surface area (Å²) in [4.78, 5) is 22.2. The fourth-order valence-electron chi connectivity index (χ4n) is 4.50. The molecule has 0 radical (unpaired) electrons. The summed E-state index contributed by atoms with van der Waals surface area (Å²) in [6.07, 6.45) is 1.95. The van der Waals surface area contributed by atoms with Gasteiger partial charge >= 0.3 is 6.09 Å². The molecule has 130 valence electrons. The molecule has 2 aliphatic carbocycles. The number of rotatable bonds is 2. The first-order valence-corrected chi connectivity index (χ1v) is 8.43. The van der Waals surface area contributed by atoms with Crippen LogP contribution >= 0.6 is 0 Å². The number of carbonyl (C=O) groups is 1. The Balaban J connectivity index is 1.45. The molecule has 2 saturated carbocycles. The summed E-state index contributed by atoms with van der Waals surface area (Å²) >= 11 is 0. The maximum atomic E-state index is 14.1.